The minimum absolute atomic E-state index is 0.0179. The summed E-state index contributed by atoms with van der Waals surface area (Å²) in [6.45, 7) is -0.481. The van der Waals surface area contributed by atoms with Crippen LogP contribution in [0.1, 0.15) is 27.1 Å². The van der Waals surface area contributed by atoms with Crippen molar-refractivity contribution in [3.63, 3.8) is 0 Å². The van der Waals surface area contributed by atoms with E-state index in [4.69, 9.17) is 23.2 Å². The summed E-state index contributed by atoms with van der Waals surface area (Å²) >= 11 is 12.1. The summed E-state index contributed by atoms with van der Waals surface area (Å²) in [4.78, 5) is 53.1. The van der Waals surface area contributed by atoms with E-state index in [0.717, 1.165) is 16.4 Å². The number of rotatable bonds is 5. The van der Waals surface area contributed by atoms with Crippen LogP contribution in [0.25, 0.3) is 0 Å². The largest absolute Gasteiger partial charge is 0.292 e. The van der Waals surface area contributed by atoms with Gasteiger partial charge in [0.25, 0.3) is 17.7 Å². The normalized spacial score (nSPS) is 25.4. The summed E-state index contributed by atoms with van der Waals surface area (Å²) in [5, 5.41) is 2.45. The molecule has 0 N–H and O–H groups in total. The van der Waals surface area contributed by atoms with Crippen molar-refractivity contribution in [2.75, 3.05) is 6.54 Å². The van der Waals surface area contributed by atoms with Crippen LogP contribution in [0.2, 0.25) is 10.0 Å². The highest BCUT2D eigenvalue weighted by Gasteiger charge is 2.61. The number of carbonyl (C=O) groups is 4. The maximum Gasteiger partial charge on any atom is 0.274 e. The van der Waals surface area contributed by atoms with E-state index in [1.807, 2.05) is 12.2 Å². The molecule has 2 aliphatic carbocycles. The number of imide groups is 1. The van der Waals surface area contributed by atoms with Gasteiger partial charge in [0.15, 0.2) is 5.78 Å². The Kier molecular flexibility index (Phi) is 5.14. The first-order valence-corrected chi connectivity index (χ1v) is 11.0. The Labute approximate surface area is 194 Å². The van der Waals surface area contributed by atoms with Crippen LogP contribution >= 0.6 is 23.2 Å². The lowest BCUT2D eigenvalue weighted by atomic mass is 9.85. The Balaban J connectivity index is 1.51. The lowest BCUT2D eigenvalue weighted by molar-refractivity contribution is -0.154. The molecule has 0 spiro atoms. The molecule has 0 unspecified atom stereocenters. The van der Waals surface area contributed by atoms with E-state index in [1.165, 1.54) is 18.2 Å². The molecule has 2 fully saturated rings. The van der Waals surface area contributed by atoms with Crippen molar-refractivity contribution in [2.45, 2.75) is 6.42 Å². The number of nitrogens with zero attached hydrogens (tertiary/aromatic N) is 2. The molecule has 1 saturated heterocycles. The molecule has 4 atom stereocenters. The van der Waals surface area contributed by atoms with Gasteiger partial charge in [-0.05, 0) is 54.7 Å². The van der Waals surface area contributed by atoms with Gasteiger partial charge >= 0.3 is 0 Å². The zero-order valence-electron chi connectivity index (χ0n) is 16.8. The van der Waals surface area contributed by atoms with Crippen molar-refractivity contribution < 1.29 is 19.2 Å². The molecular weight excluding hydrogens is 451 g/mol. The lowest BCUT2D eigenvalue weighted by Crippen LogP contribution is -2.52. The van der Waals surface area contributed by atoms with Gasteiger partial charge < -0.3 is 0 Å². The van der Waals surface area contributed by atoms with Crippen LogP contribution in [0.5, 0.6) is 0 Å². The molecule has 3 aliphatic rings. The molecule has 3 amide bonds. The Morgan fingerprint density at radius 2 is 1.50 bits per heavy atom. The Bertz CT molecular complexity index is 1150. The number of ketones is 1. The van der Waals surface area contributed by atoms with Crippen molar-refractivity contribution in [3.05, 3.63) is 81.9 Å². The topological polar surface area (TPSA) is 74.8 Å². The predicted octanol–water partition coefficient (Wildman–Crippen LogP) is 4.04. The summed E-state index contributed by atoms with van der Waals surface area (Å²) in [6, 6.07) is 12.5. The highest BCUT2D eigenvalue weighted by molar-refractivity contribution is 6.34. The van der Waals surface area contributed by atoms with Crippen molar-refractivity contribution in [1.82, 2.24) is 10.0 Å². The Morgan fingerprint density at radius 1 is 0.906 bits per heavy atom. The molecule has 1 aliphatic heterocycles. The summed E-state index contributed by atoms with van der Waals surface area (Å²) in [5.74, 6) is -3.02. The van der Waals surface area contributed by atoms with Crippen LogP contribution in [0.15, 0.2) is 60.7 Å². The number of hydrogen-bond acceptors (Lipinski definition) is 4. The molecule has 1 heterocycles. The highest BCUT2D eigenvalue weighted by Crippen LogP contribution is 2.52. The molecule has 2 aromatic carbocycles. The first-order chi connectivity index (χ1) is 15.4. The molecule has 5 rings (SSSR count). The van der Waals surface area contributed by atoms with Gasteiger partial charge in [-0.15, -0.1) is 0 Å². The van der Waals surface area contributed by atoms with Crippen LogP contribution in [0.4, 0.5) is 0 Å². The third kappa shape index (κ3) is 3.26. The third-order valence-corrected chi connectivity index (χ3v) is 7.07. The van der Waals surface area contributed by atoms with Crippen LogP contribution in [-0.4, -0.2) is 40.1 Å². The van der Waals surface area contributed by atoms with E-state index < -0.39 is 41.9 Å². The van der Waals surface area contributed by atoms with Crippen molar-refractivity contribution in [3.8, 4) is 0 Å². The third-order valence-electron chi connectivity index (χ3n) is 6.49. The monoisotopic (exact) mass is 468 g/mol. The fraction of sp³-hybridized carbons (Fsp3) is 0.250. The van der Waals surface area contributed by atoms with Gasteiger partial charge in [-0.1, -0.05) is 47.5 Å². The molecule has 6 nitrogen and oxygen atoms in total. The number of carbonyl (C=O) groups excluding carboxylic acids is 4. The van der Waals surface area contributed by atoms with Gasteiger partial charge in [0, 0.05) is 10.6 Å². The van der Waals surface area contributed by atoms with E-state index >= 15 is 0 Å². The molecule has 2 bridgehead atoms. The van der Waals surface area contributed by atoms with E-state index in [-0.39, 0.29) is 22.4 Å². The fourth-order valence-electron chi connectivity index (χ4n) is 4.99. The highest BCUT2D eigenvalue weighted by atomic mass is 35.5. The Hall–Kier alpha value is -2.96. The number of allylic oxidation sites excluding steroid dienone is 2. The van der Waals surface area contributed by atoms with Crippen molar-refractivity contribution in [2.24, 2.45) is 23.7 Å². The average Bonchev–Trinajstić information content (AvgIpc) is 3.46. The van der Waals surface area contributed by atoms with E-state index in [9.17, 15) is 19.2 Å². The van der Waals surface area contributed by atoms with E-state index in [1.54, 1.807) is 30.3 Å². The minimum atomic E-state index is -0.681. The van der Waals surface area contributed by atoms with Gasteiger partial charge in [-0.3, -0.25) is 19.2 Å². The fourth-order valence-corrected chi connectivity index (χ4v) is 5.34. The molecule has 2 aromatic rings. The lowest BCUT2D eigenvalue weighted by Gasteiger charge is -2.31. The number of hydrazine groups is 1. The Morgan fingerprint density at radius 3 is 2.09 bits per heavy atom. The van der Waals surface area contributed by atoms with E-state index in [0.29, 0.717) is 10.6 Å². The molecule has 0 radical (unpaired) electrons. The number of Topliss-reactive ketones (excluding diaryl/α,β-unsaturated/α-hetero) is 1. The first kappa shape index (κ1) is 20.9. The second kappa shape index (κ2) is 7.87. The molecular formula is C24H18Cl2N2O4. The van der Waals surface area contributed by atoms with Crippen molar-refractivity contribution in [1.29, 1.82) is 0 Å². The second-order valence-corrected chi connectivity index (χ2v) is 9.10. The van der Waals surface area contributed by atoms with E-state index in [2.05, 4.69) is 0 Å². The smallest absolute Gasteiger partial charge is 0.274 e. The zero-order chi connectivity index (χ0) is 22.6. The molecule has 8 heteroatoms. The number of hydrogen-bond donors (Lipinski definition) is 0. The van der Waals surface area contributed by atoms with Crippen LogP contribution in [0, 0.1) is 23.7 Å². The van der Waals surface area contributed by atoms with Gasteiger partial charge in [0.2, 0.25) is 0 Å². The molecule has 32 heavy (non-hydrogen) atoms. The number of halogens is 2. The number of amides is 3. The number of benzene rings is 2. The average molecular weight is 469 g/mol. The minimum Gasteiger partial charge on any atom is -0.292 e. The maximum atomic E-state index is 13.5. The molecule has 1 saturated carbocycles. The summed E-state index contributed by atoms with van der Waals surface area (Å²) in [6.07, 6.45) is 4.71. The zero-order valence-corrected chi connectivity index (χ0v) is 18.3. The molecule has 162 valence electrons. The van der Waals surface area contributed by atoms with Crippen LogP contribution in [-0.2, 0) is 9.59 Å². The predicted molar refractivity (Wildman–Crippen MR) is 118 cm³/mol. The SMILES string of the molecule is O=C(CN(C(=O)c1ccccc1Cl)N1C(=O)[C@@H]2[C@@H](C1=O)[C@H]1C=C[C@H]2C1)c1ccc(Cl)cc1. The van der Waals surface area contributed by atoms with Crippen LogP contribution < -0.4 is 0 Å². The standard InChI is InChI=1S/C24H18Cl2N2O4/c25-16-9-7-13(8-10-16)19(29)12-27(22(30)17-3-1-2-4-18(17)26)28-23(31)20-14-5-6-15(11-14)21(20)24(28)32/h1-10,14-15,20-21H,11-12H2/t14-,15-,20-,21-/m0/s1. The first-order valence-electron chi connectivity index (χ1n) is 10.3. The van der Waals surface area contributed by atoms with Gasteiger partial charge in [0.1, 0.15) is 6.54 Å². The second-order valence-electron chi connectivity index (χ2n) is 8.26. The van der Waals surface area contributed by atoms with Crippen molar-refractivity contribution >= 4 is 46.7 Å². The van der Waals surface area contributed by atoms with Gasteiger partial charge in [-0.25, -0.2) is 5.01 Å². The summed E-state index contributed by atoms with van der Waals surface area (Å²) < 4.78 is 0. The quantitative estimate of drug-likeness (QED) is 0.377. The summed E-state index contributed by atoms with van der Waals surface area (Å²) in [7, 11) is 0. The molecule has 0 aromatic heterocycles. The van der Waals surface area contributed by atoms with Gasteiger partial charge in [-0.2, -0.15) is 5.01 Å². The maximum absolute atomic E-state index is 13.5. The van der Waals surface area contributed by atoms with Gasteiger partial charge in [0.05, 0.1) is 22.4 Å². The summed E-state index contributed by atoms with van der Waals surface area (Å²) in [5.41, 5.74) is 0.421. The number of fused-ring (bicyclic) bond motifs is 5. The van der Waals surface area contributed by atoms with Crippen LogP contribution in [0.3, 0.4) is 0 Å².